The van der Waals surface area contributed by atoms with Gasteiger partial charge in [0.1, 0.15) is 6.42 Å². The number of carbonyl (C=O) groups excluding carboxylic acids is 2. The molecule has 0 atom stereocenters. The number of aromatic nitrogens is 1. The molecular formula is C13H13NO5S. The number of esters is 1. The molecule has 0 amide bonds. The van der Waals surface area contributed by atoms with Gasteiger partial charge in [0.2, 0.25) is 0 Å². The number of ether oxygens (including phenoxy) is 3. The predicted octanol–water partition coefficient (Wildman–Crippen LogP) is 2.06. The number of fused-ring (bicyclic) bond motifs is 1. The van der Waals surface area contributed by atoms with E-state index < -0.39 is 5.97 Å². The number of nitrogens with zero attached hydrogens (tertiary/aromatic N) is 1. The van der Waals surface area contributed by atoms with Gasteiger partial charge in [0.05, 0.1) is 36.4 Å². The molecule has 106 valence electrons. The molecule has 6 nitrogen and oxygen atoms in total. The number of methoxy groups -OCH3 is 3. The van der Waals surface area contributed by atoms with Crippen LogP contribution in [0.2, 0.25) is 0 Å². The topological polar surface area (TPSA) is 74.7 Å². The molecule has 20 heavy (non-hydrogen) atoms. The monoisotopic (exact) mass is 295 g/mol. The Bertz CT molecular complexity index is 623. The SMILES string of the molecule is COC(=O)CC(=O)c1cc2nc(OC)c(OC)cc2s1. The minimum Gasteiger partial charge on any atom is -0.491 e. The summed E-state index contributed by atoms with van der Waals surface area (Å²) >= 11 is 1.25. The van der Waals surface area contributed by atoms with Gasteiger partial charge in [-0.25, -0.2) is 4.98 Å². The van der Waals surface area contributed by atoms with Crippen LogP contribution in [0, 0.1) is 0 Å². The third kappa shape index (κ3) is 2.72. The molecule has 0 saturated heterocycles. The maximum atomic E-state index is 11.9. The Morgan fingerprint density at radius 3 is 2.55 bits per heavy atom. The second-order valence-corrected chi connectivity index (χ2v) is 4.95. The van der Waals surface area contributed by atoms with Gasteiger partial charge in [0.15, 0.2) is 11.5 Å². The van der Waals surface area contributed by atoms with E-state index in [1.807, 2.05) is 0 Å². The van der Waals surface area contributed by atoms with Gasteiger partial charge in [-0.05, 0) is 6.07 Å². The normalized spacial score (nSPS) is 10.3. The molecule has 0 fully saturated rings. The molecule has 2 rings (SSSR count). The molecule has 0 aliphatic carbocycles. The van der Waals surface area contributed by atoms with Crippen LogP contribution in [-0.2, 0) is 9.53 Å². The van der Waals surface area contributed by atoms with Crippen molar-refractivity contribution in [3.8, 4) is 11.6 Å². The summed E-state index contributed by atoms with van der Waals surface area (Å²) in [6, 6.07) is 3.38. The second-order valence-electron chi connectivity index (χ2n) is 3.87. The summed E-state index contributed by atoms with van der Waals surface area (Å²) in [7, 11) is 4.26. The average molecular weight is 295 g/mol. The summed E-state index contributed by atoms with van der Waals surface area (Å²) in [5.41, 5.74) is 0.626. The van der Waals surface area contributed by atoms with Crippen molar-refractivity contribution in [3.63, 3.8) is 0 Å². The molecule has 0 aliphatic heterocycles. The molecule has 0 N–H and O–H groups in total. The number of Topliss-reactive ketones (excluding diaryl/α,β-unsaturated/α-hetero) is 1. The van der Waals surface area contributed by atoms with E-state index in [-0.39, 0.29) is 12.2 Å². The van der Waals surface area contributed by atoms with Crippen LogP contribution in [0.25, 0.3) is 10.2 Å². The fourth-order valence-electron chi connectivity index (χ4n) is 1.65. The zero-order valence-electron chi connectivity index (χ0n) is 11.3. The highest BCUT2D eigenvalue weighted by atomic mass is 32.1. The Labute approximate surface area is 119 Å². The third-order valence-corrected chi connectivity index (χ3v) is 3.77. The summed E-state index contributed by atoms with van der Waals surface area (Å²) < 4.78 is 15.5. The lowest BCUT2D eigenvalue weighted by Gasteiger charge is -2.05. The maximum Gasteiger partial charge on any atom is 0.313 e. The van der Waals surface area contributed by atoms with Crippen molar-refractivity contribution in [2.75, 3.05) is 21.3 Å². The number of rotatable bonds is 5. The number of pyridine rings is 1. The highest BCUT2D eigenvalue weighted by molar-refractivity contribution is 7.20. The average Bonchev–Trinajstić information content (AvgIpc) is 2.88. The van der Waals surface area contributed by atoms with Crippen molar-refractivity contribution in [1.29, 1.82) is 0 Å². The number of carbonyl (C=O) groups is 2. The van der Waals surface area contributed by atoms with Crippen molar-refractivity contribution < 1.29 is 23.8 Å². The van der Waals surface area contributed by atoms with Crippen molar-refractivity contribution in [1.82, 2.24) is 4.98 Å². The molecule has 7 heteroatoms. The fraction of sp³-hybridized carbons (Fsp3) is 0.308. The molecule has 0 spiro atoms. The Hall–Kier alpha value is -2.15. The van der Waals surface area contributed by atoms with Crippen LogP contribution in [0.1, 0.15) is 16.1 Å². The summed E-state index contributed by atoms with van der Waals surface area (Å²) in [5, 5.41) is 0. The van der Waals surface area contributed by atoms with Gasteiger partial charge in [-0.2, -0.15) is 0 Å². The van der Waals surface area contributed by atoms with E-state index in [1.54, 1.807) is 12.1 Å². The summed E-state index contributed by atoms with van der Waals surface area (Å²) in [6.45, 7) is 0. The van der Waals surface area contributed by atoms with Crippen LogP contribution in [0.15, 0.2) is 12.1 Å². The number of thiophene rings is 1. The number of ketones is 1. The smallest absolute Gasteiger partial charge is 0.313 e. The molecule has 2 aromatic rings. The molecule has 0 aromatic carbocycles. The van der Waals surface area contributed by atoms with Crippen LogP contribution in [0.3, 0.4) is 0 Å². The first kappa shape index (κ1) is 14.3. The highest BCUT2D eigenvalue weighted by Crippen LogP contribution is 2.33. The zero-order chi connectivity index (χ0) is 14.7. The minimum absolute atomic E-state index is 0.280. The Morgan fingerprint density at radius 2 is 1.95 bits per heavy atom. The first-order valence-corrected chi connectivity index (χ1v) is 6.53. The van der Waals surface area contributed by atoms with Crippen LogP contribution in [0.5, 0.6) is 11.6 Å². The molecule has 0 saturated carbocycles. The van der Waals surface area contributed by atoms with Gasteiger partial charge in [-0.3, -0.25) is 9.59 Å². The summed E-state index contributed by atoms with van der Waals surface area (Å²) in [6.07, 6.45) is -0.280. The molecule has 0 bridgehead atoms. The molecular weight excluding hydrogens is 282 g/mol. The molecule has 2 heterocycles. The molecule has 0 radical (unpaired) electrons. The Morgan fingerprint density at radius 1 is 1.20 bits per heavy atom. The second kappa shape index (κ2) is 5.87. The summed E-state index contributed by atoms with van der Waals surface area (Å²) in [5.74, 6) is -0.00746. The zero-order valence-corrected chi connectivity index (χ0v) is 12.1. The van der Waals surface area contributed by atoms with E-state index >= 15 is 0 Å². The van der Waals surface area contributed by atoms with Crippen LogP contribution >= 0.6 is 11.3 Å². The predicted molar refractivity (Wildman–Crippen MR) is 73.7 cm³/mol. The van der Waals surface area contributed by atoms with Crippen molar-refractivity contribution in [3.05, 3.63) is 17.0 Å². The molecule has 0 unspecified atom stereocenters. The Kier molecular flexibility index (Phi) is 4.19. The fourth-order valence-corrected chi connectivity index (χ4v) is 2.62. The first-order chi connectivity index (χ1) is 9.58. The van der Waals surface area contributed by atoms with Crippen molar-refractivity contribution >= 4 is 33.3 Å². The van der Waals surface area contributed by atoms with Gasteiger partial charge in [-0.1, -0.05) is 0 Å². The lowest BCUT2D eigenvalue weighted by atomic mass is 10.2. The molecule has 0 aliphatic rings. The van der Waals surface area contributed by atoms with Crippen molar-refractivity contribution in [2.45, 2.75) is 6.42 Å². The Balaban J connectivity index is 2.38. The van der Waals surface area contributed by atoms with Crippen LogP contribution < -0.4 is 9.47 Å². The summed E-state index contributed by atoms with van der Waals surface area (Å²) in [4.78, 5) is 27.7. The standard InChI is InChI=1S/C13H13NO5S/c1-17-9-6-10-7(14-13(9)19-3)4-11(20-10)8(15)5-12(16)18-2/h4,6H,5H2,1-3H3. The molecule has 2 aromatic heterocycles. The van der Waals surface area contributed by atoms with E-state index in [0.29, 0.717) is 22.0 Å². The van der Waals surface area contributed by atoms with Crippen molar-refractivity contribution in [2.24, 2.45) is 0 Å². The lowest BCUT2D eigenvalue weighted by molar-refractivity contribution is -0.139. The minimum atomic E-state index is -0.560. The maximum absolute atomic E-state index is 11.9. The highest BCUT2D eigenvalue weighted by Gasteiger charge is 2.17. The van der Waals surface area contributed by atoms with Gasteiger partial charge >= 0.3 is 5.97 Å². The van der Waals surface area contributed by atoms with E-state index in [4.69, 9.17) is 9.47 Å². The van der Waals surface area contributed by atoms with Gasteiger partial charge in [0.25, 0.3) is 5.88 Å². The quantitative estimate of drug-likeness (QED) is 0.477. The van der Waals surface area contributed by atoms with Gasteiger partial charge < -0.3 is 14.2 Å². The van der Waals surface area contributed by atoms with Gasteiger partial charge in [0, 0.05) is 6.07 Å². The lowest BCUT2D eigenvalue weighted by Crippen LogP contribution is -2.08. The van der Waals surface area contributed by atoms with E-state index in [0.717, 1.165) is 4.70 Å². The number of hydrogen-bond acceptors (Lipinski definition) is 7. The van der Waals surface area contributed by atoms with Gasteiger partial charge in [-0.15, -0.1) is 11.3 Å². The largest absolute Gasteiger partial charge is 0.491 e. The number of hydrogen-bond donors (Lipinski definition) is 0. The van der Waals surface area contributed by atoms with E-state index in [1.165, 1.54) is 32.7 Å². The third-order valence-electron chi connectivity index (χ3n) is 2.66. The van der Waals surface area contributed by atoms with E-state index in [9.17, 15) is 9.59 Å². The van der Waals surface area contributed by atoms with Crippen LogP contribution in [0.4, 0.5) is 0 Å². The van der Waals surface area contributed by atoms with E-state index in [2.05, 4.69) is 9.72 Å². The van der Waals surface area contributed by atoms with Crippen LogP contribution in [-0.4, -0.2) is 38.1 Å². The first-order valence-electron chi connectivity index (χ1n) is 5.71.